The number of nitrogens with two attached hydrogens (primary N) is 5. The first kappa shape index (κ1) is 99.7. The number of imidazole rings is 3. The minimum Gasteiger partial charge on any atom is -0.394 e. The van der Waals surface area contributed by atoms with Gasteiger partial charge in [-0.05, 0) is 64.2 Å². The SMILES string of the molecule is CC(C)C(=O)Nc1ccn([C@H]2C[C@H](OP(=O)(CCCc3c4ccccc4cc4ccccc34)OC[C@H]3O[C@@H](n4cnc5c(=O)[nH]c(N)nc54)C[C@@H]3OP(=O)(O)OC[C@H]3O[C@@H](n4ccc(N)nc4=O)C[C@@H]3OP(=O)(O)OC[C@H]3O[C@@H](n4cnc5c(=O)[nH]c(N)nc54)C[C@@H]3O)[C@@H](COP(=O)(O)O[C@H]3C[C@H](n4ccc(N)nc4=O)O[C@@H]3COP(=O)(O)O[C@H]3C[C@H](n4cnc5c(=O)[nH]c(N)nc54)O[C@@H]3CO)O2)c(=O)n1. The van der Waals surface area contributed by atoms with E-state index in [-0.39, 0.29) is 94.5 Å². The second-order valence-corrected chi connectivity index (χ2v) is 41.6. The molecule has 0 saturated carbocycles. The number of rotatable bonds is 38. The maximum atomic E-state index is 16.7. The second kappa shape index (κ2) is 40.4. The highest BCUT2D eigenvalue weighted by Crippen LogP contribution is 2.58. The fourth-order valence-corrected chi connectivity index (χ4v) is 23.0. The van der Waals surface area contributed by atoms with Crippen LogP contribution in [0, 0.1) is 5.92 Å². The van der Waals surface area contributed by atoms with Gasteiger partial charge >= 0.3 is 56.0 Å². The third-order valence-electron chi connectivity index (χ3n) is 24.0. The summed E-state index contributed by atoms with van der Waals surface area (Å²) >= 11 is 0. The molecule has 6 saturated heterocycles. The molecule has 141 heavy (non-hydrogen) atoms. The number of nitrogen functional groups attached to an aromatic ring is 5. The predicted molar refractivity (Wildman–Crippen MR) is 485 cm³/mol. The van der Waals surface area contributed by atoms with Crippen LogP contribution in [0.1, 0.15) is 102 Å². The Bertz CT molecular complexity index is 7360. The molecule has 63 heteroatoms. The van der Waals surface area contributed by atoms with Crippen molar-refractivity contribution in [2.24, 2.45) is 5.92 Å². The van der Waals surface area contributed by atoms with Crippen LogP contribution in [-0.2, 0) is 108 Å². The number of H-pyrrole nitrogens is 3. The van der Waals surface area contributed by atoms with E-state index in [1.165, 1.54) is 63.1 Å². The maximum absolute atomic E-state index is 16.7. The van der Waals surface area contributed by atoms with E-state index in [0.29, 0.717) is 0 Å². The number of phosphoric acid groups is 4. The lowest BCUT2D eigenvalue weighted by molar-refractivity contribution is -0.118. The number of aryl methyl sites for hydroxylation is 1. The summed E-state index contributed by atoms with van der Waals surface area (Å²) in [7, 11) is -27.0. The normalized spacial score (nSPS) is 27.0. The summed E-state index contributed by atoms with van der Waals surface area (Å²) in [6.07, 6.45) is -23.0. The van der Waals surface area contributed by atoms with E-state index >= 15 is 4.57 Å². The lowest BCUT2D eigenvalue weighted by atomic mass is 9.94. The molecule has 0 aliphatic carbocycles. The van der Waals surface area contributed by atoms with Crippen molar-refractivity contribution in [2.75, 3.05) is 79.8 Å². The summed E-state index contributed by atoms with van der Waals surface area (Å²) in [5.74, 6) is -2.58. The average molecular weight is 2070 g/mol. The van der Waals surface area contributed by atoms with Crippen molar-refractivity contribution < 1.29 is 131 Å². The van der Waals surface area contributed by atoms with Gasteiger partial charge in [-0.2, -0.15) is 29.9 Å². The number of ether oxygens (including phenoxy) is 6. The summed E-state index contributed by atoms with van der Waals surface area (Å²) < 4.78 is 177. The standard InChI is InChI=1S/C78H93N24O34P5/c1-36(2)69(105)89-56-15-18-99(78(111)90-56)58-23-44(51(128-58)30-123-140(117,118)135-46-25-60(98-17-14-55(80)88-77(98)110)129-52(46)31-124-139(115,116)133-43-22-61(126-48(43)27-103)101-34-85-64-67(101)92-74(82)95-71(64)107)132-137(112,19-7-12-41-39-10-5-3-8-37(39)20-38-9-4-6-11-40(38)41)121-29-50-47(26-62(131-50)102-35-86-65-68(102)93-75(83)96-72(65)108)136-141(119,120)125-32-53-45(24-59(130-53)97-16-13-54(79)87-76(97)109)134-138(113,114)122-28-49-42(104)21-57(127-49)100-33-84-63-66(100)91-73(81)94-70(63)106/h3-6,8-11,13-18,20,33-36,42-53,57-62,103-104H,7,12,19,21-32H2,1-2H3,(H,113,114)(H,115,116)(H,117,118)(H,119,120)(H2,79,87,109)(H2,80,88,110)(H3,81,91,94,106)(H3,82,92,95,107)(H3,83,93,96,108)(H,89,90,105,111)/t42-,43-,44-,45-,46-,47-,48+,49+,50+,51+,52+,53+,57+,58+,59+,60+,61+,62+,137?/m0/s1. The number of hydrogen-bond acceptors (Lipinski definition) is 44. The fourth-order valence-electron chi connectivity index (χ4n) is 17.3. The van der Waals surface area contributed by atoms with E-state index in [1.54, 1.807) is 13.8 Å². The third-order valence-corrected chi connectivity index (χ3v) is 30.0. The summed E-state index contributed by atoms with van der Waals surface area (Å²) in [6.45, 7) is -2.52. The number of anilines is 6. The highest BCUT2D eigenvalue weighted by Gasteiger charge is 2.52. The van der Waals surface area contributed by atoms with Gasteiger partial charge in [-0.25, -0.2) is 47.6 Å². The zero-order chi connectivity index (χ0) is 99.6. The molecule has 23 atom stereocenters. The third kappa shape index (κ3) is 22.2. The number of aromatic amines is 3. The van der Waals surface area contributed by atoms with Crippen molar-refractivity contribution in [3.05, 3.63) is 178 Å². The van der Waals surface area contributed by atoms with Crippen LogP contribution < -0.4 is 67.7 Å². The summed E-state index contributed by atoms with van der Waals surface area (Å²) in [4.78, 5) is 183. The number of phosphoric ester groups is 4. The lowest BCUT2D eigenvalue weighted by Crippen LogP contribution is -2.32. The Morgan fingerprint density at radius 1 is 0.447 bits per heavy atom. The molecule has 9 aromatic heterocycles. The number of aromatic nitrogens is 18. The molecule has 6 aliphatic rings. The number of aliphatic hydroxyl groups is 2. The first-order valence-electron chi connectivity index (χ1n) is 43.6. The minimum atomic E-state index is -5.66. The maximum Gasteiger partial charge on any atom is 0.472 e. The Morgan fingerprint density at radius 2 is 0.787 bits per heavy atom. The molecule has 5 unspecified atom stereocenters. The summed E-state index contributed by atoms with van der Waals surface area (Å²) in [5, 5.41) is 27.4. The van der Waals surface area contributed by atoms with Gasteiger partial charge in [0.25, 0.3) is 16.7 Å². The highest BCUT2D eigenvalue weighted by molar-refractivity contribution is 7.53. The second-order valence-electron chi connectivity index (χ2n) is 33.8. The zero-order valence-electron chi connectivity index (χ0n) is 73.9. The van der Waals surface area contributed by atoms with Gasteiger partial charge in [0.15, 0.2) is 33.5 Å². The monoisotopic (exact) mass is 2060 g/mol. The van der Waals surface area contributed by atoms with Gasteiger partial charge in [-0.3, -0.25) is 102 Å². The smallest absolute Gasteiger partial charge is 0.394 e. The van der Waals surface area contributed by atoms with Gasteiger partial charge in [0.2, 0.25) is 23.8 Å². The number of benzene rings is 3. The molecule has 20 N–H and O–H groups in total. The van der Waals surface area contributed by atoms with E-state index in [0.717, 1.165) is 47.1 Å². The van der Waals surface area contributed by atoms with Crippen molar-refractivity contribution >= 4 is 135 Å². The van der Waals surface area contributed by atoms with Crippen LogP contribution in [0.25, 0.3) is 55.0 Å². The molecule has 0 spiro atoms. The van der Waals surface area contributed by atoms with Crippen LogP contribution in [0.4, 0.5) is 35.3 Å². The molecule has 6 fully saturated rings. The molecule has 0 radical (unpaired) electrons. The van der Waals surface area contributed by atoms with Gasteiger partial charge in [0.05, 0.1) is 77.0 Å². The van der Waals surface area contributed by atoms with E-state index in [1.807, 2.05) is 54.6 Å². The number of amides is 1. The quantitative estimate of drug-likeness (QED) is 0.0195. The number of nitrogens with zero attached hydrogens (tertiary/aromatic N) is 15. The molecular weight excluding hydrogens is 1970 g/mol. The molecule has 3 aromatic carbocycles. The molecule has 754 valence electrons. The highest BCUT2D eigenvalue weighted by atomic mass is 31.2. The van der Waals surface area contributed by atoms with E-state index in [9.17, 15) is 81.6 Å². The van der Waals surface area contributed by atoms with E-state index in [2.05, 4.69) is 65.1 Å². The Morgan fingerprint density at radius 3 is 1.18 bits per heavy atom. The molecule has 18 rings (SSSR count). The number of aliphatic hydroxyl groups excluding tert-OH is 2. The van der Waals surface area contributed by atoms with Crippen molar-refractivity contribution in [2.45, 2.75) is 176 Å². The predicted octanol–water partition coefficient (Wildman–Crippen LogP) is 2.28. The topological polar surface area (TPSA) is 809 Å². The Hall–Kier alpha value is -11.4. The van der Waals surface area contributed by atoms with Crippen molar-refractivity contribution in [3.63, 3.8) is 0 Å². The van der Waals surface area contributed by atoms with Gasteiger partial charge in [-0.15, -0.1) is 0 Å². The summed E-state index contributed by atoms with van der Waals surface area (Å²) in [5.41, 5.74) is 24.2. The number of carbonyl (C=O) groups is 1. The molecule has 0 bridgehead atoms. The number of hydrogen-bond donors (Lipinski definition) is 15. The van der Waals surface area contributed by atoms with Gasteiger partial charge in [0.1, 0.15) is 116 Å². The van der Waals surface area contributed by atoms with Gasteiger partial charge < -0.3 is 101 Å². The Kier molecular flexibility index (Phi) is 28.6. The van der Waals surface area contributed by atoms with Crippen LogP contribution in [0.5, 0.6) is 0 Å². The first-order chi connectivity index (χ1) is 67.1. The number of carbonyl (C=O) groups excluding carboxylic acids is 1. The van der Waals surface area contributed by atoms with E-state index in [4.69, 9.17) is 102 Å². The van der Waals surface area contributed by atoms with Gasteiger partial charge in [0, 0.05) is 63.0 Å². The molecular formula is C78H93N24O34P5. The van der Waals surface area contributed by atoms with Gasteiger partial charge in [-0.1, -0.05) is 62.4 Å². The van der Waals surface area contributed by atoms with Crippen LogP contribution >= 0.6 is 38.9 Å². The molecule has 15 heterocycles. The molecule has 58 nitrogen and oxygen atoms in total. The van der Waals surface area contributed by atoms with Crippen LogP contribution in [-0.4, -0.2) is 242 Å². The zero-order valence-corrected chi connectivity index (χ0v) is 78.4. The number of fused-ring (bicyclic) bond motifs is 5. The Balaban J connectivity index is 0.622. The molecule has 6 aliphatic heterocycles. The fraction of sp³-hybridized carbons (Fsp3) is 0.462. The lowest BCUT2D eigenvalue weighted by Gasteiger charge is -2.28. The van der Waals surface area contributed by atoms with Crippen molar-refractivity contribution in [1.29, 1.82) is 0 Å². The van der Waals surface area contributed by atoms with Crippen LogP contribution in [0.15, 0.2) is 139 Å². The minimum absolute atomic E-state index is 0.00547. The average Bonchev–Trinajstić information content (AvgIpc) is 1.45. The largest absolute Gasteiger partial charge is 0.472 e. The molecule has 1 amide bonds. The van der Waals surface area contributed by atoms with Crippen molar-refractivity contribution in [3.8, 4) is 0 Å². The molecule has 12 aromatic rings. The number of nitrogens with one attached hydrogen (secondary N) is 4. The van der Waals surface area contributed by atoms with Crippen LogP contribution in [0.2, 0.25) is 0 Å². The van der Waals surface area contributed by atoms with Crippen molar-refractivity contribution in [1.82, 2.24) is 87.2 Å². The van der Waals surface area contributed by atoms with E-state index < -0.39 is 267 Å². The summed E-state index contributed by atoms with van der Waals surface area (Å²) in [6, 6.07) is 20.7. The first-order valence-corrected chi connectivity index (χ1v) is 51.3. The Labute approximate surface area is 789 Å². The van der Waals surface area contributed by atoms with Crippen LogP contribution in [0.3, 0.4) is 0 Å².